The molecular formula is C55H52BF2N13O12P2S. The molecule has 31 heteroatoms. The highest BCUT2D eigenvalue weighted by atomic mass is 32.7. The van der Waals surface area contributed by atoms with E-state index in [4.69, 9.17) is 56.1 Å². The molecule has 0 unspecified atom stereocenters. The molecule has 10 atom stereocenters. The first kappa shape index (κ1) is 57.3. The molecule has 4 aromatic heterocycles. The van der Waals surface area contributed by atoms with Crippen molar-refractivity contribution in [2.45, 2.75) is 74.9 Å². The minimum absolute atomic E-state index is 0.0101. The van der Waals surface area contributed by atoms with Gasteiger partial charge in [0.15, 0.2) is 41.9 Å². The van der Waals surface area contributed by atoms with Crippen molar-refractivity contribution in [3.63, 3.8) is 0 Å². The van der Waals surface area contributed by atoms with E-state index in [0.717, 1.165) is 40.1 Å². The number of hydrazine groups is 2. The van der Waals surface area contributed by atoms with E-state index in [1.807, 2.05) is 65.4 Å². The van der Waals surface area contributed by atoms with Gasteiger partial charge in [-0.3, -0.25) is 32.6 Å². The fraction of sp³-hybridized carbons (Fsp3) is 0.291. The molecule has 0 spiro atoms. The Bertz CT molecular complexity index is 4040. The predicted octanol–water partition coefficient (Wildman–Crippen LogP) is 7.75. The number of hydrogen-bond acceptors (Lipinski definition) is 23. The van der Waals surface area contributed by atoms with Gasteiger partial charge in [0.05, 0.1) is 67.3 Å². The van der Waals surface area contributed by atoms with Gasteiger partial charge in [-0.15, -0.1) is 5.53 Å². The van der Waals surface area contributed by atoms with Crippen molar-refractivity contribution < 1.29 is 64.5 Å². The van der Waals surface area contributed by atoms with E-state index in [2.05, 4.69) is 35.9 Å². The van der Waals surface area contributed by atoms with Crippen LogP contribution in [0.25, 0.3) is 33.7 Å². The van der Waals surface area contributed by atoms with E-state index in [0.29, 0.717) is 42.2 Å². The zero-order valence-corrected chi connectivity index (χ0v) is 48.0. The molecule has 86 heavy (non-hydrogen) atoms. The van der Waals surface area contributed by atoms with Crippen LogP contribution < -0.4 is 36.8 Å². The van der Waals surface area contributed by atoms with Crippen molar-refractivity contribution in [2.75, 3.05) is 42.7 Å². The van der Waals surface area contributed by atoms with Crippen LogP contribution in [0.1, 0.15) is 58.4 Å². The lowest BCUT2D eigenvalue weighted by molar-refractivity contribution is -0.118. The number of nitrogens with zero attached hydrogens (tertiary/aromatic N) is 9. The van der Waals surface area contributed by atoms with Crippen LogP contribution in [-0.2, 0) is 53.8 Å². The van der Waals surface area contributed by atoms with E-state index in [-0.39, 0.29) is 63.4 Å². The Morgan fingerprint density at radius 3 is 2.19 bits per heavy atom. The van der Waals surface area contributed by atoms with Gasteiger partial charge >= 0.3 is 12.8 Å². The summed E-state index contributed by atoms with van der Waals surface area (Å²) >= 11 is 0.668. The third-order valence-corrected chi connectivity index (χ3v) is 19.7. The number of carbonyl (C=O) groups is 2. The van der Waals surface area contributed by atoms with Crippen LogP contribution in [0.2, 0.25) is 0 Å². The molecule has 13 rings (SSSR count). The second-order valence-electron chi connectivity index (χ2n) is 20.3. The Morgan fingerprint density at radius 2 is 1.44 bits per heavy atom. The van der Waals surface area contributed by atoms with Gasteiger partial charge < -0.3 is 49.8 Å². The van der Waals surface area contributed by atoms with Crippen LogP contribution in [0.15, 0.2) is 128 Å². The maximum Gasteiger partial charge on any atom is 0.389 e. The zero-order chi connectivity index (χ0) is 59.4. The molecule has 1 amide bonds. The number of pyridine rings is 1. The van der Waals surface area contributed by atoms with Crippen LogP contribution in [0.4, 0.5) is 26.0 Å². The third kappa shape index (κ3) is 11.1. The Kier molecular flexibility index (Phi) is 15.6. The van der Waals surface area contributed by atoms with Gasteiger partial charge in [0.2, 0.25) is 13.5 Å². The number of carbonyl (C=O) groups excluding carboxylic acids is 2. The predicted molar refractivity (Wildman–Crippen MR) is 311 cm³/mol. The Morgan fingerprint density at radius 1 is 0.779 bits per heavy atom. The van der Waals surface area contributed by atoms with E-state index < -0.39 is 82.7 Å². The van der Waals surface area contributed by atoms with Crippen LogP contribution in [0.3, 0.4) is 0 Å². The molecule has 3 fully saturated rings. The number of amides is 1. The topological polar surface area (TPSA) is 299 Å². The first-order valence-corrected chi connectivity index (χ1v) is 31.8. The summed E-state index contributed by atoms with van der Waals surface area (Å²) in [6.45, 7) is -3.17. The van der Waals surface area contributed by atoms with Crippen LogP contribution >= 0.6 is 25.7 Å². The number of aromatic nitrogens is 7. The van der Waals surface area contributed by atoms with Crippen molar-refractivity contribution in [1.29, 1.82) is 0 Å². The molecule has 6 N–H and O–H groups in total. The summed E-state index contributed by atoms with van der Waals surface area (Å²) in [5, 5.41) is 1.95. The number of nitrogen functional groups attached to an aromatic ring is 2. The standard InChI is InChI=1S/C55H52BF2N13O12P2S/c1-2-41(72)68-23-32-7-3-4-8-35(32)44-47(36-9-5-6-10-38(36)68)71(67-66-44)21-22-76-33-17-13-31(14-18-33)55(73)79-34-15-11-30(12-16-34)26-86-85(75)78-25-40-48(42(57)53(81-40)70-29-65-46-50(60)62-27-63-52(46)70)82-84(56,74)77-24-39-49(83-85)43(58)54(80-39)69-28-64-45-37(59)19-20-61-51(45)69/h3-20,27-29,39-40,42-43,48-49,53-54,66-67H,2,21-26H2,1H3,(H2,59,61)(H2,60,62,63)/t39-,40-,42-,43-,48-,49-,53-,54-,84-,85-/m1/s1. The summed E-state index contributed by atoms with van der Waals surface area (Å²) in [6.07, 6.45) is -8.42. The number of nitrogens with two attached hydrogens (primary N) is 2. The molecule has 0 aliphatic carbocycles. The summed E-state index contributed by atoms with van der Waals surface area (Å²) in [7, 11) is 1.34. The van der Waals surface area contributed by atoms with E-state index in [1.165, 1.54) is 46.2 Å². The molecule has 8 aromatic rings. The second kappa shape index (κ2) is 23.5. The van der Waals surface area contributed by atoms with Gasteiger partial charge in [-0.25, -0.2) is 43.1 Å². The first-order chi connectivity index (χ1) is 41.6. The van der Waals surface area contributed by atoms with Crippen molar-refractivity contribution in [3.8, 4) is 11.5 Å². The highest BCUT2D eigenvalue weighted by molar-refractivity contribution is 8.54. The van der Waals surface area contributed by atoms with Crippen molar-refractivity contribution in [3.05, 3.63) is 156 Å². The summed E-state index contributed by atoms with van der Waals surface area (Å²) in [6, 6.07) is 30.1. The normalized spacial score (nSPS) is 26.5. The van der Waals surface area contributed by atoms with Crippen LogP contribution in [-0.4, -0.2) is 122 Å². The minimum Gasteiger partial charge on any atom is -0.492 e. The Balaban J connectivity index is 0.683. The number of para-hydroxylation sites is 1. The van der Waals surface area contributed by atoms with Crippen molar-refractivity contribution in [1.82, 2.24) is 50.0 Å². The average molecular weight is 1230 g/mol. The number of benzene rings is 4. The van der Waals surface area contributed by atoms with Crippen LogP contribution in [0, 0.1) is 0 Å². The zero-order valence-electron chi connectivity index (χ0n) is 45.4. The molecular weight excluding hydrogens is 1180 g/mol. The number of imidazole rings is 2. The van der Waals surface area contributed by atoms with E-state index in [9.17, 15) is 14.2 Å². The molecule has 3 saturated heterocycles. The van der Waals surface area contributed by atoms with Crippen molar-refractivity contribution in [2.24, 2.45) is 0 Å². The highest BCUT2D eigenvalue weighted by Gasteiger charge is 2.55. The molecule has 5 aliphatic rings. The number of hydrogen-bond donors (Lipinski definition) is 4. The van der Waals surface area contributed by atoms with Gasteiger partial charge in [0.25, 0.3) is 7.47 Å². The SMILES string of the molecule is [B][P@@]1(=O)OC[C@H]2O[C@@H](n3cnc4c(N)ccnc43)[C@H](F)[C@@H]2O[P@](=O)(SCc2ccc(OC(=O)c3ccc(OCCN4NNC5=C4c4ccccc4N(C(=O)CC)Cc4ccccc45)cc3)cc2)OC[C@H]2O[C@@H](n3cnc4c(N)ncnc43)[C@H](F)[C@@H]2O1. The number of nitrogens with one attached hydrogen (secondary N) is 2. The molecule has 5 aliphatic heterocycles. The summed E-state index contributed by atoms with van der Waals surface area (Å²) in [4.78, 5) is 49.5. The number of fused-ring (bicyclic) bond motifs is 8. The van der Waals surface area contributed by atoms with Gasteiger partial charge in [-0.05, 0) is 71.0 Å². The second-order valence-corrected chi connectivity index (χ2v) is 25.9. The quantitative estimate of drug-likeness (QED) is 0.0393. The van der Waals surface area contributed by atoms with Gasteiger partial charge in [-0.2, -0.15) is 0 Å². The minimum atomic E-state index is -4.72. The van der Waals surface area contributed by atoms with E-state index >= 15 is 13.3 Å². The molecule has 0 saturated carbocycles. The van der Waals surface area contributed by atoms with Gasteiger partial charge in [0, 0.05) is 29.5 Å². The van der Waals surface area contributed by atoms with Crippen LogP contribution in [0.5, 0.6) is 11.5 Å². The number of ether oxygens (including phenoxy) is 4. The maximum absolute atomic E-state index is 17.0. The maximum atomic E-state index is 17.0. The number of anilines is 3. The summed E-state index contributed by atoms with van der Waals surface area (Å²) in [5.41, 5.74) is 25.8. The summed E-state index contributed by atoms with van der Waals surface area (Å²) < 4.78 is 113. The smallest absolute Gasteiger partial charge is 0.389 e. The van der Waals surface area contributed by atoms with Gasteiger partial charge in [0.1, 0.15) is 59.9 Å². The lowest BCUT2D eigenvalue weighted by atomic mass is 9.96. The monoisotopic (exact) mass is 1230 g/mol. The fourth-order valence-electron chi connectivity index (χ4n) is 10.8. The van der Waals surface area contributed by atoms with Gasteiger partial charge in [-0.1, -0.05) is 61.5 Å². The lowest BCUT2D eigenvalue weighted by Crippen LogP contribution is -2.40. The number of halogens is 2. The third-order valence-electron chi connectivity index (χ3n) is 15.0. The molecule has 2 radical (unpaired) electrons. The number of alkyl halides is 2. The average Bonchev–Trinajstić information content (AvgIpc) is 2.70. The molecule has 9 heterocycles. The Labute approximate surface area is 493 Å². The fourth-order valence-corrected chi connectivity index (χ4v) is 15.1. The number of rotatable bonds is 12. The molecule has 25 nitrogen and oxygen atoms in total. The number of esters is 1. The Hall–Kier alpha value is -7.82. The lowest BCUT2D eigenvalue weighted by Gasteiger charge is -2.30. The molecule has 442 valence electrons. The highest BCUT2D eigenvalue weighted by Crippen LogP contribution is 2.65. The molecule has 4 aromatic carbocycles. The first-order valence-electron chi connectivity index (χ1n) is 27.1. The van der Waals surface area contributed by atoms with E-state index in [1.54, 1.807) is 36.4 Å². The summed E-state index contributed by atoms with van der Waals surface area (Å²) in [5.74, 6) is -0.0156. The molecule has 0 bridgehead atoms. The largest absolute Gasteiger partial charge is 0.492 e. The van der Waals surface area contributed by atoms with Crippen molar-refractivity contribution >= 4 is 96.0 Å².